The van der Waals surface area contributed by atoms with Crippen LogP contribution in [-0.4, -0.2) is 25.7 Å². The first-order valence-corrected chi connectivity index (χ1v) is 10.0. The molecule has 0 amide bonds. The molecule has 0 aromatic heterocycles. The van der Waals surface area contributed by atoms with Crippen LogP contribution in [0.2, 0.25) is 0 Å². The van der Waals surface area contributed by atoms with Crippen molar-refractivity contribution in [3.63, 3.8) is 0 Å². The Hall–Kier alpha value is -2.70. The molecule has 0 bridgehead atoms. The maximum absolute atomic E-state index is 9.85. The number of para-hydroxylation sites is 2. The van der Waals surface area contributed by atoms with E-state index < -0.39 is 0 Å². The minimum atomic E-state index is 0. The van der Waals surface area contributed by atoms with E-state index in [0.29, 0.717) is 11.5 Å². The molecule has 0 saturated heterocycles. The van der Waals surface area contributed by atoms with Crippen LogP contribution in [0.3, 0.4) is 0 Å². The van der Waals surface area contributed by atoms with Gasteiger partial charge in [0.2, 0.25) is 0 Å². The molecule has 0 fully saturated rings. The molecule has 2 aromatic rings. The lowest BCUT2D eigenvalue weighted by Crippen LogP contribution is -2.20. The van der Waals surface area contributed by atoms with Crippen molar-refractivity contribution in [3.8, 4) is 11.5 Å². The molecular weight excluding hydrogens is 380 g/mol. The number of hydrogen-bond donors (Lipinski definition) is 2. The fourth-order valence-corrected chi connectivity index (χ4v) is 1.30. The van der Waals surface area contributed by atoms with Crippen molar-refractivity contribution < 1.29 is 19.3 Å². The molecule has 30 heavy (non-hydrogen) atoms. The third-order valence-electron chi connectivity index (χ3n) is 2.20. The lowest BCUT2D eigenvalue weighted by atomic mass is 10.3. The third kappa shape index (κ3) is 27.5. The molecule has 0 aliphatic rings. The number of carbonyl (C=O) groups is 2. The molecule has 2 N–H and O–H groups in total. The van der Waals surface area contributed by atoms with Crippen LogP contribution in [0, 0.1) is 0 Å². The first-order chi connectivity index (χ1) is 14.3. The summed E-state index contributed by atoms with van der Waals surface area (Å²) in [6, 6.07) is 18.4. The molecule has 172 valence electrons. The Morgan fingerprint density at radius 1 is 0.667 bits per heavy atom. The summed E-state index contributed by atoms with van der Waals surface area (Å²) in [7, 11) is 0. The molecule has 0 atom stereocenters. The number of aldehydes is 2. The Bertz CT molecular complexity index is 488. The second kappa shape index (κ2) is 33.9. The van der Waals surface area contributed by atoms with E-state index in [9.17, 15) is 9.59 Å². The Morgan fingerprint density at radius 2 is 0.933 bits per heavy atom. The van der Waals surface area contributed by atoms with Crippen LogP contribution in [0.15, 0.2) is 60.7 Å². The monoisotopic (exact) mass is 422 g/mol. The van der Waals surface area contributed by atoms with Gasteiger partial charge in [0.25, 0.3) is 0 Å². The van der Waals surface area contributed by atoms with Crippen LogP contribution in [0.1, 0.15) is 55.4 Å². The third-order valence-corrected chi connectivity index (χ3v) is 2.20. The van der Waals surface area contributed by atoms with E-state index in [1.165, 1.54) is 6.42 Å². The van der Waals surface area contributed by atoms with Gasteiger partial charge in [-0.2, -0.15) is 0 Å². The summed E-state index contributed by atoms with van der Waals surface area (Å²) in [6.07, 6.45) is 2.73. The van der Waals surface area contributed by atoms with E-state index >= 15 is 0 Å². The van der Waals surface area contributed by atoms with Crippen molar-refractivity contribution in [2.45, 2.75) is 55.4 Å². The molecule has 0 aliphatic heterocycles. The topological polar surface area (TPSA) is 76.7 Å². The van der Waals surface area contributed by atoms with E-state index in [1.807, 2.05) is 64.1 Å². The maximum atomic E-state index is 9.85. The predicted molar refractivity (Wildman–Crippen MR) is 128 cm³/mol. The number of carbonyl (C=O) groups excluding carboxylic acids is 2. The van der Waals surface area contributed by atoms with Gasteiger partial charge in [0.05, 0.1) is 13.1 Å². The standard InChI is InChI=1S/2C8H9NO2.C3H8.2C2H6.CH4/c2*10-7-6-9-11-8-4-2-1-3-5-8;1-3-2;2*1-2;/h2*1-5,7,9H,6H2;3H2,1-2H3;2*1-2H3;1H4. The van der Waals surface area contributed by atoms with E-state index in [-0.39, 0.29) is 20.5 Å². The number of nitrogens with one attached hydrogen (secondary N) is 2. The highest BCUT2D eigenvalue weighted by Crippen LogP contribution is 2.06. The van der Waals surface area contributed by atoms with Gasteiger partial charge in [-0.25, -0.2) is 0 Å². The molecule has 2 aromatic carbocycles. The minimum absolute atomic E-state index is 0. The molecule has 0 saturated carbocycles. The molecule has 0 heterocycles. The van der Waals surface area contributed by atoms with Crippen molar-refractivity contribution in [2.24, 2.45) is 0 Å². The van der Waals surface area contributed by atoms with Crippen molar-refractivity contribution in [2.75, 3.05) is 13.1 Å². The van der Waals surface area contributed by atoms with Gasteiger partial charge in [-0.15, -0.1) is 11.0 Å². The first kappa shape index (κ1) is 34.8. The summed E-state index contributed by atoms with van der Waals surface area (Å²) in [4.78, 5) is 29.6. The number of rotatable bonds is 8. The smallest absolute Gasteiger partial charge is 0.147 e. The summed E-state index contributed by atoms with van der Waals surface area (Å²) in [5.41, 5.74) is 4.97. The molecule has 2 rings (SSSR count). The van der Waals surface area contributed by atoms with Crippen LogP contribution in [0.4, 0.5) is 0 Å². The summed E-state index contributed by atoms with van der Waals surface area (Å²) < 4.78 is 0. The quantitative estimate of drug-likeness (QED) is 0.325. The Labute approximate surface area is 183 Å². The van der Waals surface area contributed by atoms with Gasteiger partial charge >= 0.3 is 0 Å². The first-order valence-electron chi connectivity index (χ1n) is 10.0. The molecule has 6 heteroatoms. The van der Waals surface area contributed by atoms with Crippen LogP contribution in [-0.2, 0) is 9.59 Å². The van der Waals surface area contributed by atoms with Gasteiger partial charge in [-0.05, 0) is 24.3 Å². The zero-order chi connectivity index (χ0) is 22.6. The van der Waals surface area contributed by atoms with Gasteiger partial charge in [-0.3, -0.25) is 0 Å². The fourth-order valence-electron chi connectivity index (χ4n) is 1.30. The molecular formula is C24H42N2O4. The summed E-state index contributed by atoms with van der Waals surface area (Å²) in [5, 5.41) is 0. The normalized spacial score (nSPS) is 7.67. The van der Waals surface area contributed by atoms with Crippen LogP contribution in [0.25, 0.3) is 0 Å². The van der Waals surface area contributed by atoms with Crippen LogP contribution in [0.5, 0.6) is 11.5 Å². The minimum Gasteiger partial charge on any atom is -0.408 e. The largest absolute Gasteiger partial charge is 0.408 e. The van der Waals surface area contributed by atoms with Gasteiger partial charge < -0.3 is 19.3 Å². The molecule has 0 spiro atoms. The Kier molecular flexibility index (Phi) is 39.2. The zero-order valence-corrected chi connectivity index (χ0v) is 18.7. The second-order valence-corrected chi connectivity index (χ2v) is 4.57. The molecule has 0 unspecified atom stereocenters. The van der Waals surface area contributed by atoms with Gasteiger partial charge in [-0.1, -0.05) is 91.8 Å². The fraction of sp³-hybridized carbons (Fsp3) is 0.417. The van der Waals surface area contributed by atoms with Crippen molar-refractivity contribution >= 4 is 12.6 Å². The molecule has 0 aliphatic carbocycles. The van der Waals surface area contributed by atoms with Gasteiger partial charge in [0.1, 0.15) is 24.1 Å². The average molecular weight is 423 g/mol. The van der Waals surface area contributed by atoms with Crippen LogP contribution < -0.4 is 20.6 Å². The zero-order valence-electron chi connectivity index (χ0n) is 18.7. The highest BCUT2D eigenvalue weighted by molar-refractivity contribution is 5.51. The molecule has 6 nitrogen and oxygen atoms in total. The maximum Gasteiger partial charge on any atom is 0.147 e. The van der Waals surface area contributed by atoms with Crippen molar-refractivity contribution in [1.29, 1.82) is 0 Å². The Morgan fingerprint density at radius 3 is 1.17 bits per heavy atom. The SMILES string of the molecule is C.CC.CC.CCC.O=CCNOc1ccccc1.O=CCNOc1ccccc1. The van der Waals surface area contributed by atoms with E-state index in [0.717, 1.165) is 12.6 Å². The van der Waals surface area contributed by atoms with Gasteiger partial charge in [0, 0.05) is 0 Å². The highest BCUT2D eigenvalue weighted by atomic mass is 16.6. The highest BCUT2D eigenvalue weighted by Gasteiger charge is 1.88. The second-order valence-electron chi connectivity index (χ2n) is 4.57. The van der Waals surface area contributed by atoms with Crippen LogP contribution >= 0.6 is 0 Å². The van der Waals surface area contributed by atoms with Crippen molar-refractivity contribution in [3.05, 3.63) is 60.7 Å². The Balaban J connectivity index is -0.000000169. The summed E-state index contributed by atoms with van der Waals surface area (Å²) in [6.45, 7) is 12.7. The number of hydroxylamine groups is 2. The van der Waals surface area contributed by atoms with E-state index in [2.05, 4.69) is 24.8 Å². The summed E-state index contributed by atoms with van der Waals surface area (Å²) >= 11 is 0. The lowest BCUT2D eigenvalue weighted by Gasteiger charge is -2.02. The molecule has 0 radical (unpaired) electrons. The number of hydrogen-bond acceptors (Lipinski definition) is 6. The summed E-state index contributed by atoms with van der Waals surface area (Å²) in [5.74, 6) is 1.41. The average Bonchev–Trinajstić information content (AvgIpc) is 2.79. The van der Waals surface area contributed by atoms with Gasteiger partial charge in [0.15, 0.2) is 0 Å². The predicted octanol–water partition coefficient (Wildman–Crippen LogP) is 5.64. The van der Waals surface area contributed by atoms with E-state index in [1.54, 1.807) is 24.3 Å². The lowest BCUT2D eigenvalue weighted by molar-refractivity contribution is -0.109. The van der Waals surface area contributed by atoms with E-state index in [4.69, 9.17) is 9.68 Å². The van der Waals surface area contributed by atoms with Crippen molar-refractivity contribution in [1.82, 2.24) is 11.0 Å². The number of benzene rings is 2.